The van der Waals surface area contributed by atoms with E-state index in [1.807, 2.05) is 0 Å². The van der Waals surface area contributed by atoms with Crippen LogP contribution in [0.2, 0.25) is 0 Å². The summed E-state index contributed by atoms with van der Waals surface area (Å²) in [5.74, 6) is 3.31. The van der Waals surface area contributed by atoms with Gasteiger partial charge in [0, 0.05) is 17.3 Å². The van der Waals surface area contributed by atoms with Crippen LogP contribution in [0, 0.1) is 56.7 Å². The molecule has 2 nitrogen and oxygen atoms in total. The molecule has 5 aliphatic rings. The van der Waals surface area contributed by atoms with Crippen LogP contribution >= 0.6 is 0 Å². The second kappa shape index (κ2) is 6.73. The van der Waals surface area contributed by atoms with Gasteiger partial charge in [-0.15, -0.1) is 0 Å². The molecule has 180 valence electrons. The van der Waals surface area contributed by atoms with Crippen molar-refractivity contribution in [1.29, 1.82) is 0 Å². The maximum absolute atomic E-state index is 12.9. The van der Waals surface area contributed by atoms with Crippen LogP contribution in [0.3, 0.4) is 0 Å². The van der Waals surface area contributed by atoms with Crippen molar-refractivity contribution in [3.8, 4) is 0 Å². The molecule has 32 heavy (non-hydrogen) atoms. The lowest BCUT2D eigenvalue weighted by molar-refractivity contribution is -0.254. The smallest absolute Gasteiger partial charge is 0.141 e. The molecule has 0 spiro atoms. The molecule has 0 heterocycles. The van der Waals surface area contributed by atoms with Crippen molar-refractivity contribution in [3.05, 3.63) is 12.2 Å². The Morgan fingerprint density at radius 1 is 0.875 bits per heavy atom. The van der Waals surface area contributed by atoms with Crippen molar-refractivity contribution in [2.45, 2.75) is 112 Å². The van der Waals surface area contributed by atoms with Crippen molar-refractivity contribution >= 4 is 5.78 Å². The summed E-state index contributed by atoms with van der Waals surface area (Å²) in [7, 11) is 0. The van der Waals surface area contributed by atoms with Gasteiger partial charge in [-0.05, 0) is 104 Å². The van der Waals surface area contributed by atoms with E-state index in [9.17, 15) is 9.90 Å². The number of ketones is 1. The summed E-state index contributed by atoms with van der Waals surface area (Å²) < 4.78 is 0. The fourth-order valence-corrected chi connectivity index (χ4v) is 11.2. The van der Waals surface area contributed by atoms with Crippen LogP contribution in [-0.4, -0.2) is 17.0 Å². The Labute approximate surface area is 197 Å². The molecule has 0 aromatic carbocycles. The van der Waals surface area contributed by atoms with Gasteiger partial charge in [-0.3, -0.25) is 4.79 Å². The molecule has 0 bridgehead atoms. The monoisotopic (exact) mass is 440 g/mol. The molecule has 10 atom stereocenters. The summed E-state index contributed by atoms with van der Waals surface area (Å²) in [6.07, 6.45) is 10.1. The molecule has 0 saturated heterocycles. The van der Waals surface area contributed by atoms with Crippen LogP contribution in [0.1, 0.15) is 106 Å². The third-order valence-electron chi connectivity index (χ3n) is 13.3. The molecule has 0 amide bonds. The molecule has 0 aromatic heterocycles. The zero-order chi connectivity index (χ0) is 23.5. The first-order chi connectivity index (χ1) is 14.7. The number of hydrogen-bond acceptors (Lipinski definition) is 2. The van der Waals surface area contributed by atoms with E-state index < -0.39 is 6.10 Å². The molecule has 5 fully saturated rings. The number of fused-ring (bicyclic) bond motifs is 7. The van der Waals surface area contributed by atoms with E-state index in [1.54, 1.807) is 0 Å². The Balaban J connectivity index is 1.57. The molecule has 2 heteroatoms. The molecule has 1 N–H and O–H groups in total. The van der Waals surface area contributed by atoms with Crippen molar-refractivity contribution in [2.75, 3.05) is 0 Å². The maximum atomic E-state index is 12.9. The molecule has 0 aromatic rings. The van der Waals surface area contributed by atoms with Crippen molar-refractivity contribution < 1.29 is 9.90 Å². The molecule has 5 saturated carbocycles. The number of aliphatic hydroxyl groups excluding tert-OH is 1. The van der Waals surface area contributed by atoms with Gasteiger partial charge in [0.25, 0.3) is 0 Å². The Morgan fingerprint density at radius 2 is 1.56 bits per heavy atom. The summed E-state index contributed by atoms with van der Waals surface area (Å²) in [4.78, 5) is 12.9. The Bertz CT molecular complexity index is 842. The fraction of sp³-hybridized carbons (Fsp3) is 0.900. The van der Waals surface area contributed by atoms with E-state index in [2.05, 4.69) is 55.0 Å². The first-order valence-corrected chi connectivity index (χ1v) is 13.6. The van der Waals surface area contributed by atoms with E-state index in [0.717, 1.165) is 18.3 Å². The van der Waals surface area contributed by atoms with Gasteiger partial charge < -0.3 is 5.11 Å². The molecule has 0 unspecified atom stereocenters. The lowest BCUT2D eigenvalue weighted by Gasteiger charge is -2.72. The maximum Gasteiger partial charge on any atom is 0.141 e. The summed E-state index contributed by atoms with van der Waals surface area (Å²) >= 11 is 0. The minimum atomic E-state index is -0.485. The van der Waals surface area contributed by atoms with Gasteiger partial charge in [0.05, 0.1) is 6.10 Å². The second-order valence-corrected chi connectivity index (χ2v) is 14.6. The average Bonchev–Trinajstić information content (AvgIpc) is 3.05. The second-order valence-electron chi connectivity index (χ2n) is 14.6. The number of carbonyl (C=O) groups is 1. The molecule has 5 aliphatic carbocycles. The zero-order valence-corrected chi connectivity index (χ0v) is 21.9. The third-order valence-corrected chi connectivity index (χ3v) is 13.3. The quantitative estimate of drug-likeness (QED) is 0.438. The number of Topliss-reactive ketones (excluding diaryl/α,β-unsaturated/α-hetero) is 1. The highest BCUT2D eigenvalue weighted by Gasteiger charge is 2.71. The van der Waals surface area contributed by atoms with Gasteiger partial charge in [-0.2, -0.15) is 0 Å². The first kappa shape index (κ1) is 23.1. The average molecular weight is 441 g/mol. The zero-order valence-electron chi connectivity index (χ0n) is 21.9. The highest BCUT2D eigenvalue weighted by Crippen LogP contribution is 2.77. The highest BCUT2D eigenvalue weighted by atomic mass is 16.3. The van der Waals surface area contributed by atoms with E-state index in [-0.39, 0.29) is 22.0 Å². The van der Waals surface area contributed by atoms with Gasteiger partial charge in [0.15, 0.2) is 0 Å². The fourth-order valence-electron chi connectivity index (χ4n) is 11.2. The highest BCUT2D eigenvalue weighted by molar-refractivity contribution is 5.86. The Kier molecular flexibility index (Phi) is 4.87. The lowest BCUT2D eigenvalue weighted by atomic mass is 9.32. The Hall–Kier alpha value is -0.630. The number of allylic oxidation sites excluding steroid dienone is 1. The van der Waals surface area contributed by atoms with E-state index in [4.69, 9.17) is 0 Å². The van der Waals surface area contributed by atoms with E-state index >= 15 is 0 Å². The molecular formula is C30H48O2. The summed E-state index contributed by atoms with van der Waals surface area (Å²) in [5, 5.41) is 11.5. The van der Waals surface area contributed by atoms with Crippen molar-refractivity contribution in [2.24, 2.45) is 56.7 Å². The van der Waals surface area contributed by atoms with Crippen LogP contribution in [-0.2, 0) is 4.79 Å². The minimum Gasteiger partial charge on any atom is -0.392 e. The summed E-state index contributed by atoms with van der Waals surface area (Å²) in [6, 6.07) is 0. The minimum absolute atomic E-state index is 0.150. The van der Waals surface area contributed by atoms with Gasteiger partial charge in [-0.1, -0.05) is 53.7 Å². The number of rotatable bonds is 1. The first-order valence-electron chi connectivity index (χ1n) is 13.6. The van der Waals surface area contributed by atoms with Crippen LogP contribution in [0.25, 0.3) is 0 Å². The van der Waals surface area contributed by atoms with Crippen LogP contribution < -0.4 is 0 Å². The van der Waals surface area contributed by atoms with Gasteiger partial charge in [0.2, 0.25) is 0 Å². The number of hydrogen-bond donors (Lipinski definition) is 1. The molecule has 0 aliphatic heterocycles. The lowest BCUT2D eigenvalue weighted by Crippen LogP contribution is -2.69. The molecular weight excluding hydrogens is 392 g/mol. The number of carbonyl (C=O) groups excluding carboxylic acids is 1. The van der Waals surface area contributed by atoms with Crippen LogP contribution in [0.15, 0.2) is 12.2 Å². The molecule has 0 radical (unpaired) electrons. The van der Waals surface area contributed by atoms with Crippen LogP contribution in [0.4, 0.5) is 0 Å². The number of aliphatic hydroxyl groups is 1. The van der Waals surface area contributed by atoms with E-state index in [0.29, 0.717) is 35.0 Å². The SMILES string of the molecule is C=C(C)[C@@H]1CC[C@]2(C)CC[C@]3(C)[C@H](CC[C@@H]4[C@@]5(C)[C@H](O)CC(=O)C(C)(C)[C@@H]5CC[C@@]43C)[C@H]12. The van der Waals surface area contributed by atoms with Gasteiger partial charge in [-0.25, -0.2) is 0 Å². The third kappa shape index (κ3) is 2.55. The topological polar surface area (TPSA) is 37.3 Å². The standard InChI is InChI=1S/C30H48O2/c1-18(2)19-11-13-27(5)15-16-28(6)20(25(19)27)9-10-22-29(28,7)14-12-21-26(3,4)23(31)17-24(32)30(21,22)8/h19-22,24-25,32H,1,9-17H2,2-8H3/t19-,20+,21-,22-,24+,25-,27+,28+,29-,30-/m0/s1. The van der Waals surface area contributed by atoms with Gasteiger partial charge >= 0.3 is 0 Å². The Morgan fingerprint density at radius 3 is 2.22 bits per heavy atom. The predicted octanol–water partition coefficient (Wildman–Crippen LogP) is 7.20. The van der Waals surface area contributed by atoms with Crippen molar-refractivity contribution in [3.63, 3.8) is 0 Å². The van der Waals surface area contributed by atoms with Crippen molar-refractivity contribution in [1.82, 2.24) is 0 Å². The molecule has 5 rings (SSSR count). The predicted molar refractivity (Wildman–Crippen MR) is 131 cm³/mol. The normalized spacial score (nSPS) is 56.6. The van der Waals surface area contributed by atoms with Gasteiger partial charge in [0.1, 0.15) is 5.78 Å². The largest absolute Gasteiger partial charge is 0.392 e. The van der Waals surface area contributed by atoms with E-state index in [1.165, 1.54) is 50.5 Å². The summed E-state index contributed by atoms with van der Waals surface area (Å²) in [6.45, 7) is 21.3. The summed E-state index contributed by atoms with van der Waals surface area (Å²) in [5.41, 5.74) is 1.99. The van der Waals surface area contributed by atoms with Crippen LogP contribution in [0.5, 0.6) is 0 Å².